The van der Waals surface area contributed by atoms with E-state index in [2.05, 4.69) is 11.4 Å². The molecule has 2 aromatic carbocycles. The number of nitrogens with zero attached hydrogens (tertiary/aromatic N) is 2. The van der Waals surface area contributed by atoms with Gasteiger partial charge < -0.3 is 15.0 Å². The highest BCUT2D eigenvalue weighted by molar-refractivity contribution is 5.98. The zero-order valence-electron chi connectivity index (χ0n) is 17.6. The first-order valence-corrected chi connectivity index (χ1v) is 10.2. The van der Waals surface area contributed by atoms with E-state index < -0.39 is 0 Å². The van der Waals surface area contributed by atoms with Crippen LogP contribution in [-0.4, -0.2) is 36.9 Å². The second kappa shape index (κ2) is 9.45. The van der Waals surface area contributed by atoms with Crippen LogP contribution in [0.2, 0.25) is 0 Å². The molecule has 156 valence electrons. The van der Waals surface area contributed by atoms with Gasteiger partial charge in [-0.3, -0.25) is 9.59 Å². The largest absolute Gasteiger partial charge is 0.495 e. The maximum atomic E-state index is 13.0. The van der Waals surface area contributed by atoms with E-state index in [1.54, 1.807) is 18.2 Å². The summed E-state index contributed by atoms with van der Waals surface area (Å²) in [5, 5.41) is 11.8. The standard InChI is InChI=1S/C24H27N3O3/c1-16(2)23(28)26-21-14-20(8-9-22(21)30-3)24(29)27-12-10-19(11-13-27)18-6-4-17(15-25)5-7-18/h4-9,14,16,19H,10-13H2,1-3H3,(H,26,28). The maximum absolute atomic E-state index is 13.0. The van der Waals surface area contributed by atoms with E-state index in [1.807, 2.05) is 43.0 Å². The van der Waals surface area contributed by atoms with Crippen molar-refractivity contribution in [2.75, 3.05) is 25.5 Å². The number of piperidine rings is 1. The zero-order chi connectivity index (χ0) is 21.7. The van der Waals surface area contributed by atoms with Crippen molar-refractivity contribution in [3.8, 4) is 11.8 Å². The Morgan fingerprint density at radius 1 is 1.13 bits per heavy atom. The van der Waals surface area contributed by atoms with E-state index in [9.17, 15) is 9.59 Å². The van der Waals surface area contributed by atoms with Crippen LogP contribution >= 0.6 is 0 Å². The maximum Gasteiger partial charge on any atom is 0.253 e. The average molecular weight is 405 g/mol. The smallest absolute Gasteiger partial charge is 0.253 e. The van der Waals surface area contributed by atoms with Crippen molar-refractivity contribution < 1.29 is 14.3 Å². The van der Waals surface area contributed by atoms with Gasteiger partial charge in [0.05, 0.1) is 24.4 Å². The molecule has 1 fully saturated rings. The first-order chi connectivity index (χ1) is 14.4. The topological polar surface area (TPSA) is 82.4 Å². The highest BCUT2D eigenvalue weighted by Gasteiger charge is 2.25. The summed E-state index contributed by atoms with van der Waals surface area (Å²) in [6.07, 6.45) is 1.76. The fraction of sp³-hybridized carbons (Fsp3) is 0.375. The number of carbonyl (C=O) groups is 2. The number of hydrogen-bond acceptors (Lipinski definition) is 4. The van der Waals surface area contributed by atoms with E-state index in [0.29, 0.717) is 41.6 Å². The third kappa shape index (κ3) is 4.80. The van der Waals surface area contributed by atoms with Crippen molar-refractivity contribution in [1.82, 2.24) is 4.90 Å². The van der Waals surface area contributed by atoms with Gasteiger partial charge in [0.15, 0.2) is 0 Å². The highest BCUT2D eigenvalue weighted by atomic mass is 16.5. The Morgan fingerprint density at radius 2 is 1.80 bits per heavy atom. The predicted molar refractivity (Wildman–Crippen MR) is 115 cm³/mol. The van der Waals surface area contributed by atoms with Crippen LogP contribution in [0.25, 0.3) is 0 Å². The Kier molecular flexibility index (Phi) is 6.73. The lowest BCUT2D eigenvalue weighted by Crippen LogP contribution is -2.38. The Hall–Kier alpha value is -3.33. The van der Waals surface area contributed by atoms with Gasteiger partial charge in [-0.15, -0.1) is 0 Å². The summed E-state index contributed by atoms with van der Waals surface area (Å²) in [7, 11) is 1.54. The highest BCUT2D eigenvalue weighted by Crippen LogP contribution is 2.30. The van der Waals surface area contributed by atoms with Gasteiger partial charge in [-0.25, -0.2) is 0 Å². The van der Waals surface area contributed by atoms with Gasteiger partial charge in [-0.2, -0.15) is 5.26 Å². The third-order valence-corrected chi connectivity index (χ3v) is 5.52. The summed E-state index contributed by atoms with van der Waals surface area (Å²) in [5.74, 6) is 0.575. The molecule has 0 spiro atoms. The fourth-order valence-corrected chi connectivity index (χ4v) is 3.64. The van der Waals surface area contributed by atoms with Crippen LogP contribution in [0, 0.1) is 17.2 Å². The molecule has 0 unspecified atom stereocenters. The van der Waals surface area contributed by atoms with Gasteiger partial charge in [0, 0.05) is 24.6 Å². The molecule has 6 heteroatoms. The Balaban J connectivity index is 1.68. The number of nitrogens with one attached hydrogen (secondary N) is 1. The molecule has 2 aromatic rings. The molecule has 1 saturated heterocycles. The molecule has 1 heterocycles. The average Bonchev–Trinajstić information content (AvgIpc) is 2.78. The lowest BCUT2D eigenvalue weighted by atomic mass is 9.89. The molecule has 1 N–H and O–H groups in total. The monoisotopic (exact) mass is 405 g/mol. The molecule has 1 aliphatic rings. The van der Waals surface area contributed by atoms with Crippen LogP contribution in [0.5, 0.6) is 5.75 Å². The first-order valence-electron chi connectivity index (χ1n) is 10.2. The molecule has 1 aliphatic heterocycles. The van der Waals surface area contributed by atoms with Crippen molar-refractivity contribution in [3.63, 3.8) is 0 Å². The van der Waals surface area contributed by atoms with Gasteiger partial charge in [0.1, 0.15) is 5.75 Å². The molecule has 6 nitrogen and oxygen atoms in total. The van der Waals surface area contributed by atoms with Crippen LogP contribution < -0.4 is 10.1 Å². The second-order valence-corrected chi connectivity index (χ2v) is 7.86. The Labute approximate surface area is 177 Å². The summed E-state index contributed by atoms with van der Waals surface area (Å²) in [5.41, 5.74) is 2.91. The summed E-state index contributed by atoms with van der Waals surface area (Å²) < 4.78 is 5.33. The van der Waals surface area contributed by atoms with E-state index in [1.165, 1.54) is 12.7 Å². The van der Waals surface area contributed by atoms with E-state index in [-0.39, 0.29) is 17.7 Å². The van der Waals surface area contributed by atoms with Gasteiger partial charge in [0.2, 0.25) is 5.91 Å². The summed E-state index contributed by atoms with van der Waals surface area (Å²) in [6.45, 7) is 4.97. The number of amides is 2. The van der Waals surface area contributed by atoms with E-state index in [0.717, 1.165) is 12.8 Å². The molecule has 3 rings (SSSR count). The molecule has 0 saturated carbocycles. The summed E-state index contributed by atoms with van der Waals surface area (Å²) in [4.78, 5) is 27.0. The number of benzene rings is 2. The molecule has 0 bridgehead atoms. The Morgan fingerprint density at radius 3 is 2.37 bits per heavy atom. The van der Waals surface area contributed by atoms with Crippen LogP contribution in [0.4, 0.5) is 5.69 Å². The molecule has 0 aromatic heterocycles. The van der Waals surface area contributed by atoms with Crippen LogP contribution in [0.1, 0.15) is 54.1 Å². The first kappa shape index (κ1) is 21.4. The number of rotatable bonds is 5. The number of likely N-dealkylation sites (tertiary alicyclic amines) is 1. The van der Waals surface area contributed by atoms with Gasteiger partial charge in [0.25, 0.3) is 5.91 Å². The quantitative estimate of drug-likeness (QED) is 0.809. The van der Waals surface area contributed by atoms with E-state index >= 15 is 0 Å². The number of ether oxygens (including phenoxy) is 1. The molecular weight excluding hydrogens is 378 g/mol. The molecule has 2 amide bonds. The number of anilines is 1. The van der Waals surface area contributed by atoms with Gasteiger partial charge >= 0.3 is 0 Å². The van der Waals surface area contributed by atoms with Gasteiger partial charge in [-0.05, 0) is 54.7 Å². The van der Waals surface area contributed by atoms with Crippen LogP contribution in [-0.2, 0) is 4.79 Å². The fourth-order valence-electron chi connectivity index (χ4n) is 3.64. The van der Waals surface area contributed by atoms with Crippen molar-refractivity contribution in [3.05, 3.63) is 59.2 Å². The van der Waals surface area contributed by atoms with Gasteiger partial charge in [-0.1, -0.05) is 26.0 Å². The van der Waals surface area contributed by atoms with Crippen molar-refractivity contribution in [2.45, 2.75) is 32.6 Å². The summed E-state index contributed by atoms with van der Waals surface area (Å²) in [6, 6.07) is 15.0. The number of carbonyl (C=O) groups excluding carboxylic acids is 2. The van der Waals surface area contributed by atoms with Crippen molar-refractivity contribution >= 4 is 17.5 Å². The lowest BCUT2D eigenvalue weighted by Gasteiger charge is -2.32. The zero-order valence-corrected chi connectivity index (χ0v) is 17.6. The van der Waals surface area contributed by atoms with Crippen LogP contribution in [0.3, 0.4) is 0 Å². The predicted octanol–water partition coefficient (Wildman–Crippen LogP) is 4.18. The molecule has 0 radical (unpaired) electrons. The summed E-state index contributed by atoms with van der Waals surface area (Å²) >= 11 is 0. The van der Waals surface area contributed by atoms with Crippen molar-refractivity contribution in [1.29, 1.82) is 5.26 Å². The minimum atomic E-state index is -0.171. The lowest BCUT2D eigenvalue weighted by molar-refractivity contribution is -0.118. The van der Waals surface area contributed by atoms with Crippen molar-refractivity contribution in [2.24, 2.45) is 5.92 Å². The third-order valence-electron chi connectivity index (χ3n) is 5.52. The number of methoxy groups -OCH3 is 1. The normalized spacial score (nSPS) is 14.3. The number of hydrogen-bond donors (Lipinski definition) is 1. The minimum absolute atomic E-state index is 0.0454. The second-order valence-electron chi connectivity index (χ2n) is 7.86. The molecule has 0 aliphatic carbocycles. The van der Waals surface area contributed by atoms with Crippen LogP contribution in [0.15, 0.2) is 42.5 Å². The Bertz CT molecular complexity index is 953. The van der Waals surface area contributed by atoms with E-state index in [4.69, 9.17) is 10.00 Å². The number of nitriles is 1. The molecule has 30 heavy (non-hydrogen) atoms. The molecular formula is C24H27N3O3. The minimum Gasteiger partial charge on any atom is -0.495 e. The SMILES string of the molecule is COc1ccc(C(=O)N2CCC(c3ccc(C#N)cc3)CC2)cc1NC(=O)C(C)C. The molecule has 0 atom stereocenters.